The zero-order valence-corrected chi connectivity index (χ0v) is 10.8. The van der Waals surface area contributed by atoms with Crippen LogP contribution in [0.5, 0.6) is 0 Å². The summed E-state index contributed by atoms with van der Waals surface area (Å²) in [5.41, 5.74) is 1.11. The Morgan fingerprint density at radius 3 is 2.61 bits per heavy atom. The van der Waals surface area contributed by atoms with E-state index in [0.717, 1.165) is 12.8 Å². The quantitative estimate of drug-likeness (QED) is 0.836. The molecule has 18 heavy (non-hydrogen) atoms. The van der Waals surface area contributed by atoms with Gasteiger partial charge in [0.15, 0.2) is 0 Å². The maximum absolute atomic E-state index is 12.0. The average molecular weight is 246 g/mol. The molecule has 0 bridgehead atoms. The summed E-state index contributed by atoms with van der Waals surface area (Å²) >= 11 is 0. The molecule has 1 rings (SSSR count). The summed E-state index contributed by atoms with van der Waals surface area (Å²) in [6.45, 7) is 2.58. The van der Waals surface area contributed by atoms with E-state index in [-0.39, 0.29) is 11.9 Å². The van der Waals surface area contributed by atoms with E-state index in [1.165, 1.54) is 0 Å². The van der Waals surface area contributed by atoms with Crippen molar-refractivity contribution in [3.63, 3.8) is 0 Å². The Hall–Kier alpha value is -1.86. The molecule has 1 amide bonds. The van der Waals surface area contributed by atoms with Crippen LogP contribution < -0.4 is 5.32 Å². The molecule has 1 aromatic carbocycles. The molecular formula is C14H18N2O2. The molecule has 4 heteroatoms. The van der Waals surface area contributed by atoms with Gasteiger partial charge in [0.05, 0.1) is 24.3 Å². The van der Waals surface area contributed by atoms with Gasteiger partial charge in [0.1, 0.15) is 0 Å². The number of nitrogens with zero attached hydrogens (tertiary/aromatic N) is 1. The van der Waals surface area contributed by atoms with Gasteiger partial charge >= 0.3 is 0 Å². The molecule has 0 radical (unpaired) electrons. The molecule has 0 saturated heterocycles. The lowest BCUT2D eigenvalue weighted by atomic mass is 10.1. The summed E-state index contributed by atoms with van der Waals surface area (Å²) in [5, 5.41) is 11.6. The summed E-state index contributed by atoms with van der Waals surface area (Å²) < 4.78 is 5.07. The van der Waals surface area contributed by atoms with Crippen molar-refractivity contribution in [3.05, 3.63) is 35.4 Å². The molecule has 0 aromatic heterocycles. The second-order valence-electron chi connectivity index (χ2n) is 4.10. The number of carbonyl (C=O) groups excluding carboxylic acids is 1. The minimum Gasteiger partial charge on any atom is -0.383 e. The van der Waals surface area contributed by atoms with E-state index < -0.39 is 0 Å². The molecule has 96 valence electrons. The number of nitrogens with one attached hydrogen (secondary N) is 1. The first-order valence-corrected chi connectivity index (χ1v) is 6.01. The Kier molecular flexibility index (Phi) is 5.89. The minimum absolute atomic E-state index is 0.0307. The predicted octanol–water partition coefficient (Wildman–Crippen LogP) is 2.10. The number of ether oxygens (including phenoxy) is 1. The second kappa shape index (κ2) is 7.46. The van der Waals surface area contributed by atoms with Gasteiger partial charge in [-0.2, -0.15) is 5.26 Å². The largest absolute Gasteiger partial charge is 0.383 e. The predicted molar refractivity (Wildman–Crippen MR) is 69.2 cm³/mol. The average Bonchev–Trinajstić information content (AvgIpc) is 2.39. The van der Waals surface area contributed by atoms with Crippen LogP contribution in [0.4, 0.5) is 0 Å². The lowest BCUT2D eigenvalue weighted by Gasteiger charge is -2.17. The fourth-order valence-electron chi connectivity index (χ4n) is 1.71. The third-order valence-electron chi connectivity index (χ3n) is 2.62. The number of benzene rings is 1. The highest BCUT2D eigenvalue weighted by atomic mass is 16.5. The topological polar surface area (TPSA) is 62.1 Å². The van der Waals surface area contributed by atoms with Crippen molar-refractivity contribution in [2.75, 3.05) is 13.7 Å². The second-order valence-corrected chi connectivity index (χ2v) is 4.10. The molecule has 4 nitrogen and oxygen atoms in total. The molecule has 1 unspecified atom stereocenters. The molecule has 1 N–H and O–H groups in total. The van der Waals surface area contributed by atoms with Gasteiger partial charge in [0.2, 0.25) is 0 Å². The van der Waals surface area contributed by atoms with E-state index in [4.69, 9.17) is 10.00 Å². The van der Waals surface area contributed by atoms with E-state index in [2.05, 4.69) is 12.2 Å². The summed E-state index contributed by atoms with van der Waals surface area (Å²) in [6, 6.07) is 8.64. The van der Waals surface area contributed by atoms with Gasteiger partial charge in [-0.3, -0.25) is 4.79 Å². The Morgan fingerprint density at radius 1 is 1.44 bits per heavy atom. The minimum atomic E-state index is -0.130. The number of amides is 1. The molecule has 0 aliphatic heterocycles. The van der Waals surface area contributed by atoms with Crippen LogP contribution in [0, 0.1) is 11.3 Å². The van der Waals surface area contributed by atoms with Crippen LogP contribution in [-0.4, -0.2) is 25.7 Å². The van der Waals surface area contributed by atoms with Gasteiger partial charge in [0, 0.05) is 12.7 Å². The summed E-state index contributed by atoms with van der Waals surface area (Å²) in [5.74, 6) is -0.130. The zero-order valence-electron chi connectivity index (χ0n) is 10.8. The maximum Gasteiger partial charge on any atom is 0.251 e. The molecular weight excluding hydrogens is 228 g/mol. The molecule has 0 saturated carbocycles. The number of rotatable bonds is 6. The third kappa shape index (κ3) is 4.19. The zero-order chi connectivity index (χ0) is 13.4. The Bertz CT molecular complexity index is 414. The SMILES string of the molecule is CCCC(COC)NC(=O)c1ccc(C#N)cc1. The molecule has 1 aromatic rings. The van der Waals surface area contributed by atoms with Crippen molar-refractivity contribution in [2.45, 2.75) is 25.8 Å². The summed E-state index contributed by atoms with van der Waals surface area (Å²) in [6.07, 6.45) is 1.87. The number of carbonyl (C=O) groups is 1. The van der Waals surface area contributed by atoms with Crippen LogP contribution >= 0.6 is 0 Å². The van der Waals surface area contributed by atoms with Crippen molar-refractivity contribution in [1.82, 2.24) is 5.32 Å². The van der Waals surface area contributed by atoms with E-state index in [1.807, 2.05) is 6.07 Å². The lowest BCUT2D eigenvalue weighted by molar-refractivity contribution is 0.0891. The first-order valence-electron chi connectivity index (χ1n) is 6.01. The number of hydrogen-bond acceptors (Lipinski definition) is 3. The first-order chi connectivity index (χ1) is 8.71. The van der Waals surface area contributed by atoms with Crippen molar-refractivity contribution in [1.29, 1.82) is 5.26 Å². The van der Waals surface area contributed by atoms with Crippen molar-refractivity contribution in [3.8, 4) is 6.07 Å². The third-order valence-corrected chi connectivity index (χ3v) is 2.62. The molecule has 0 heterocycles. The number of hydrogen-bond donors (Lipinski definition) is 1. The molecule has 0 aliphatic carbocycles. The van der Waals surface area contributed by atoms with Gasteiger partial charge < -0.3 is 10.1 Å². The van der Waals surface area contributed by atoms with E-state index in [1.54, 1.807) is 31.4 Å². The fourth-order valence-corrected chi connectivity index (χ4v) is 1.71. The summed E-state index contributed by atoms with van der Waals surface area (Å²) in [7, 11) is 1.62. The van der Waals surface area contributed by atoms with E-state index in [9.17, 15) is 4.79 Å². The monoisotopic (exact) mass is 246 g/mol. The lowest BCUT2D eigenvalue weighted by Crippen LogP contribution is -2.37. The highest BCUT2D eigenvalue weighted by Gasteiger charge is 2.12. The van der Waals surface area contributed by atoms with Crippen LogP contribution in [0.1, 0.15) is 35.7 Å². The van der Waals surface area contributed by atoms with Crippen LogP contribution in [0.2, 0.25) is 0 Å². The molecule has 0 spiro atoms. The number of methoxy groups -OCH3 is 1. The highest BCUT2D eigenvalue weighted by molar-refractivity contribution is 5.94. The van der Waals surface area contributed by atoms with Crippen LogP contribution in [-0.2, 0) is 4.74 Å². The normalized spacial score (nSPS) is 11.6. The van der Waals surface area contributed by atoms with Gasteiger partial charge in [-0.25, -0.2) is 0 Å². The van der Waals surface area contributed by atoms with Crippen molar-refractivity contribution in [2.24, 2.45) is 0 Å². The smallest absolute Gasteiger partial charge is 0.251 e. The van der Waals surface area contributed by atoms with Crippen LogP contribution in [0.3, 0.4) is 0 Å². The molecule has 0 aliphatic rings. The highest BCUT2D eigenvalue weighted by Crippen LogP contribution is 2.05. The van der Waals surface area contributed by atoms with E-state index in [0.29, 0.717) is 17.7 Å². The standard InChI is InChI=1S/C14H18N2O2/c1-3-4-13(10-18-2)16-14(17)12-7-5-11(9-15)6-8-12/h5-8,13H,3-4,10H2,1-2H3,(H,16,17). The molecule has 0 fully saturated rings. The first kappa shape index (κ1) is 14.2. The number of nitriles is 1. The van der Waals surface area contributed by atoms with Gasteiger partial charge in [-0.1, -0.05) is 13.3 Å². The maximum atomic E-state index is 12.0. The van der Waals surface area contributed by atoms with Crippen LogP contribution in [0.15, 0.2) is 24.3 Å². The molecule has 1 atom stereocenters. The van der Waals surface area contributed by atoms with Crippen LogP contribution in [0.25, 0.3) is 0 Å². The Morgan fingerprint density at radius 2 is 2.11 bits per heavy atom. The van der Waals surface area contributed by atoms with Gasteiger partial charge in [0.25, 0.3) is 5.91 Å². The Balaban J connectivity index is 2.65. The van der Waals surface area contributed by atoms with Gasteiger partial charge in [-0.05, 0) is 30.7 Å². The van der Waals surface area contributed by atoms with E-state index >= 15 is 0 Å². The van der Waals surface area contributed by atoms with Gasteiger partial charge in [-0.15, -0.1) is 0 Å². The Labute approximate surface area is 108 Å². The summed E-state index contributed by atoms with van der Waals surface area (Å²) in [4.78, 5) is 12.0. The van der Waals surface area contributed by atoms with Crippen molar-refractivity contribution >= 4 is 5.91 Å². The fraction of sp³-hybridized carbons (Fsp3) is 0.429. The van der Waals surface area contributed by atoms with Crippen molar-refractivity contribution < 1.29 is 9.53 Å².